The van der Waals surface area contributed by atoms with Gasteiger partial charge in [0, 0.05) is 30.1 Å². The van der Waals surface area contributed by atoms with Crippen LogP contribution in [-0.4, -0.2) is 33.2 Å². The molecule has 0 amide bonds. The fraction of sp³-hybridized carbons (Fsp3) is 0.450. The third-order valence-corrected chi connectivity index (χ3v) is 4.76. The molecule has 0 spiro atoms. The van der Waals surface area contributed by atoms with Gasteiger partial charge in [0.1, 0.15) is 0 Å². The van der Waals surface area contributed by atoms with Gasteiger partial charge in [-0.1, -0.05) is 39.0 Å². The first kappa shape index (κ1) is 16.2. The van der Waals surface area contributed by atoms with Crippen LogP contribution in [0.15, 0.2) is 40.9 Å². The number of hydrogen-bond acceptors (Lipinski definition) is 5. The lowest BCUT2D eigenvalue weighted by Gasteiger charge is -2.15. The maximum atomic E-state index is 5.93. The van der Waals surface area contributed by atoms with E-state index in [1.165, 1.54) is 10.9 Å². The molecule has 0 radical (unpaired) electrons. The Labute approximate surface area is 148 Å². The minimum Gasteiger partial charge on any atom is -0.424 e. The van der Waals surface area contributed by atoms with Gasteiger partial charge in [-0.05, 0) is 30.7 Å². The molecule has 3 aromatic rings. The minimum atomic E-state index is -0.0969. The predicted octanol–water partition coefficient (Wildman–Crippen LogP) is 3.90. The topological polar surface area (TPSA) is 55.1 Å². The number of nitrogens with zero attached hydrogens (tertiary/aromatic N) is 4. The van der Waals surface area contributed by atoms with Crippen molar-refractivity contribution in [3.8, 4) is 0 Å². The summed E-state index contributed by atoms with van der Waals surface area (Å²) in [4.78, 5) is 7.01. The minimum absolute atomic E-state index is 0.0969. The van der Waals surface area contributed by atoms with Crippen molar-refractivity contribution in [2.45, 2.75) is 45.1 Å². The molecule has 1 aliphatic heterocycles. The molecular formula is C20H24N4O. The monoisotopic (exact) mass is 336 g/mol. The quantitative estimate of drug-likeness (QED) is 0.726. The van der Waals surface area contributed by atoms with Gasteiger partial charge in [-0.25, -0.2) is 0 Å². The van der Waals surface area contributed by atoms with Crippen LogP contribution in [0.2, 0.25) is 0 Å². The Morgan fingerprint density at radius 2 is 2.04 bits per heavy atom. The van der Waals surface area contributed by atoms with Crippen molar-refractivity contribution in [3.05, 3.63) is 53.9 Å². The summed E-state index contributed by atoms with van der Waals surface area (Å²) < 4.78 is 5.93. The van der Waals surface area contributed by atoms with Crippen LogP contribution in [0.4, 0.5) is 0 Å². The first-order valence-electron chi connectivity index (χ1n) is 8.89. The number of para-hydroxylation sites is 1. The molecule has 1 unspecified atom stereocenters. The standard InChI is InChI=1S/C20H24N4O/c1-20(2,3)19-23-22-18(25-19)16-8-9-24(13-16)12-14-10-15-6-4-5-7-17(15)21-11-14/h4-7,10-11,16H,8-9,12-13H2,1-3H3. The predicted molar refractivity (Wildman–Crippen MR) is 97.4 cm³/mol. The fourth-order valence-electron chi connectivity index (χ4n) is 3.34. The summed E-state index contributed by atoms with van der Waals surface area (Å²) in [5.41, 5.74) is 2.20. The average Bonchev–Trinajstić information content (AvgIpc) is 3.23. The van der Waals surface area contributed by atoms with Crippen molar-refractivity contribution in [2.75, 3.05) is 13.1 Å². The number of fused-ring (bicyclic) bond motifs is 1. The largest absolute Gasteiger partial charge is 0.424 e. The number of likely N-dealkylation sites (tertiary alicyclic amines) is 1. The van der Waals surface area contributed by atoms with Gasteiger partial charge in [0.2, 0.25) is 11.8 Å². The third-order valence-electron chi connectivity index (χ3n) is 4.76. The molecule has 5 nitrogen and oxygen atoms in total. The van der Waals surface area contributed by atoms with Crippen LogP contribution in [0.3, 0.4) is 0 Å². The molecule has 3 heterocycles. The Balaban J connectivity index is 1.44. The number of aromatic nitrogens is 3. The van der Waals surface area contributed by atoms with Crippen LogP contribution in [0.1, 0.15) is 50.5 Å². The van der Waals surface area contributed by atoms with Gasteiger partial charge in [-0.15, -0.1) is 10.2 Å². The Hall–Kier alpha value is -2.27. The highest BCUT2D eigenvalue weighted by atomic mass is 16.4. The second kappa shape index (κ2) is 6.23. The van der Waals surface area contributed by atoms with Crippen LogP contribution >= 0.6 is 0 Å². The molecule has 0 N–H and O–H groups in total. The summed E-state index contributed by atoms with van der Waals surface area (Å²) >= 11 is 0. The highest BCUT2D eigenvalue weighted by molar-refractivity contribution is 5.78. The summed E-state index contributed by atoms with van der Waals surface area (Å²) in [6, 6.07) is 10.5. The SMILES string of the molecule is CC(C)(C)c1nnc(C2CCN(Cc3cnc4ccccc4c3)C2)o1. The average molecular weight is 336 g/mol. The number of rotatable bonds is 3. The van der Waals surface area contributed by atoms with Crippen LogP contribution in [-0.2, 0) is 12.0 Å². The molecule has 1 aromatic carbocycles. The maximum absolute atomic E-state index is 5.93. The van der Waals surface area contributed by atoms with Gasteiger partial charge < -0.3 is 4.42 Å². The number of hydrogen-bond donors (Lipinski definition) is 0. The van der Waals surface area contributed by atoms with Gasteiger partial charge in [0.05, 0.1) is 11.4 Å². The summed E-state index contributed by atoms with van der Waals surface area (Å²) in [5, 5.41) is 9.72. The van der Waals surface area contributed by atoms with E-state index in [1.807, 2.05) is 18.3 Å². The molecule has 1 aliphatic rings. The summed E-state index contributed by atoms with van der Waals surface area (Å²) in [7, 11) is 0. The van der Waals surface area contributed by atoms with Crippen LogP contribution < -0.4 is 0 Å². The molecule has 0 bridgehead atoms. The molecule has 1 saturated heterocycles. The summed E-state index contributed by atoms with van der Waals surface area (Å²) in [6.07, 6.45) is 3.05. The van der Waals surface area contributed by atoms with E-state index in [9.17, 15) is 0 Å². The van der Waals surface area contributed by atoms with Crippen molar-refractivity contribution < 1.29 is 4.42 Å². The second-order valence-corrected chi connectivity index (χ2v) is 7.95. The molecular weight excluding hydrogens is 312 g/mol. The molecule has 0 aliphatic carbocycles. The second-order valence-electron chi connectivity index (χ2n) is 7.95. The van der Waals surface area contributed by atoms with Crippen LogP contribution in [0, 0.1) is 0 Å². The smallest absolute Gasteiger partial charge is 0.221 e. The zero-order chi connectivity index (χ0) is 17.4. The molecule has 4 rings (SSSR count). The number of pyridine rings is 1. The zero-order valence-electron chi connectivity index (χ0n) is 15.1. The first-order valence-corrected chi connectivity index (χ1v) is 8.89. The third kappa shape index (κ3) is 3.42. The lowest BCUT2D eigenvalue weighted by atomic mass is 9.97. The molecule has 2 aromatic heterocycles. The number of benzene rings is 1. The zero-order valence-corrected chi connectivity index (χ0v) is 15.1. The normalized spacial score (nSPS) is 18.9. The highest BCUT2D eigenvalue weighted by Gasteiger charge is 2.30. The van der Waals surface area contributed by atoms with Gasteiger partial charge >= 0.3 is 0 Å². The maximum Gasteiger partial charge on any atom is 0.221 e. The van der Waals surface area contributed by atoms with Crippen LogP contribution in [0.25, 0.3) is 10.9 Å². The highest BCUT2D eigenvalue weighted by Crippen LogP contribution is 2.30. The van der Waals surface area contributed by atoms with Crippen molar-refractivity contribution >= 4 is 10.9 Å². The van der Waals surface area contributed by atoms with E-state index in [0.717, 1.165) is 43.4 Å². The Kier molecular flexibility index (Phi) is 4.04. The Bertz CT molecular complexity index is 881. The lowest BCUT2D eigenvalue weighted by Crippen LogP contribution is -2.20. The molecule has 25 heavy (non-hydrogen) atoms. The van der Waals surface area contributed by atoms with E-state index < -0.39 is 0 Å². The Morgan fingerprint density at radius 1 is 1.20 bits per heavy atom. The van der Waals surface area contributed by atoms with Gasteiger partial charge in [0.15, 0.2) is 0 Å². The van der Waals surface area contributed by atoms with E-state index in [1.54, 1.807) is 0 Å². The lowest BCUT2D eigenvalue weighted by molar-refractivity contribution is 0.313. The van der Waals surface area contributed by atoms with Gasteiger partial charge in [0.25, 0.3) is 0 Å². The molecule has 0 saturated carbocycles. The fourth-order valence-corrected chi connectivity index (χ4v) is 3.34. The van der Waals surface area contributed by atoms with E-state index >= 15 is 0 Å². The van der Waals surface area contributed by atoms with E-state index in [2.05, 4.69) is 59.1 Å². The van der Waals surface area contributed by atoms with Crippen molar-refractivity contribution in [1.82, 2.24) is 20.1 Å². The van der Waals surface area contributed by atoms with Gasteiger partial charge in [-0.2, -0.15) is 0 Å². The molecule has 130 valence electrons. The van der Waals surface area contributed by atoms with Gasteiger partial charge in [-0.3, -0.25) is 9.88 Å². The Morgan fingerprint density at radius 3 is 2.84 bits per heavy atom. The molecule has 1 fully saturated rings. The summed E-state index contributed by atoms with van der Waals surface area (Å²) in [5.74, 6) is 1.83. The van der Waals surface area contributed by atoms with E-state index in [4.69, 9.17) is 4.42 Å². The van der Waals surface area contributed by atoms with Crippen LogP contribution in [0.5, 0.6) is 0 Å². The van der Waals surface area contributed by atoms with E-state index in [0.29, 0.717) is 5.92 Å². The molecule has 5 heteroatoms. The molecule has 1 atom stereocenters. The first-order chi connectivity index (χ1) is 12.0. The summed E-state index contributed by atoms with van der Waals surface area (Å²) in [6.45, 7) is 9.20. The van der Waals surface area contributed by atoms with Crippen molar-refractivity contribution in [1.29, 1.82) is 0 Å². The van der Waals surface area contributed by atoms with Crippen molar-refractivity contribution in [3.63, 3.8) is 0 Å². The van der Waals surface area contributed by atoms with E-state index in [-0.39, 0.29) is 5.41 Å². The van der Waals surface area contributed by atoms with Crippen molar-refractivity contribution in [2.24, 2.45) is 0 Å².